The molecule has 152 valence electrons. The van der Waals surface area contributed by atoms with Crippen LogP contribution in [-0.2, 0) is 13.1 Å². The summed E-state index contributed by atoms with van der Waals surface area (Å²) in [5.41, 5.74) is 12.2. The SMILES string of the molecule is Cc1ccccc1Cn1cc(C(=O)NCc2c(C)cc3c(N)nccc3c2C)cn1. The van der Waals surface area contributed by atoms with Crippen LogP contribution < -0.4 is 11.1 Å². The van der Waals surface area contributed by atoms with Gasteiger partial charge in [-0.25, -0.2) is 4.98 Å². The summed E-state index contributed by atoms with van der Waals surface area (Å²) in [5, 5.41) is 9.38. The molecular weight excluding hydrogens is 374 g/mol. The molecule has 0 aliphatic carbocycles. The molecule has 0 spiro atoms. The minimum absolute atomic E-state index is 0.140. The molecule has 2 aromatic carbocycles. The molecule has 0 aliphatic rings. The number of nitrogens with one attached hydrogen (secondary N) is 1. The van der Waals surface area contributed by atoms with E-state index in [9.17, 15) is 4.79 Å². The molecule has 30 heavy (non-hydrogen) atoms. The van der Waals surface area contributed by atoms with Crippen LogP contribution in [0.15, 0.2) is 55.0 Å². The Morgan fingerprint density at radius 3 is 2.70 bits per heavy atom. The summed E-state index contributed by atoms with van der Waals surface area (Å²) >= 11 is 0. The molecule has 0 aliphatic heterocycles. The fraction of sp³-hybridized carbons (Fsp3) is 0.208. The van der Waals surface area contributed by atoms with Crippen LogP contribution in [0.25, 0.3) is 10.8 Å². The number of nitrogens with zero attached hydrogens (tertiary/aromatic N) is 3. The van der Waals surface area contributed by atoms with E-state index in [1.807, 2.05) is 31.2 Å². The Balaban J connectivity index is 1.49. The lowest BCUT2D eigenvalue weighted by atomic mass is 9.96. The average molecular weight is 399 g/mol. The summed E-state index contributed by atoms with van der Waals surface area (Å²) in [6.45, 7) is 7.23. The predicted octanol–water partition coefficient (Wildman–Crippen LogP) is 3.92. The van der Waals surface area contributed by atoms with Gasteiger partial charge in [-0.3, -0.25) is 9.48 Å². The van der Waals surface area contributed by atoms with Gasteiger partial charge in [0, 0.05) is 24.3 Å². The lowest BCUT2D eigenvalue weighted by Crippen LogP contribution is -2.23. The number of rotatable bonds is 5. The van der Waals surface area contributed by atoms with Crippen LogP contribution in [0.4, 0.5) is 5.82 Å². The van der Waals surface area contributed by atoms with Gasteiger partial charge in [0.25, 0.3) is 5.91 Å². The molecule has 0 atom stereocenters. The molecule has 4 aromatic rings. The second-order valence-electron chi connectivity index (χ2n) is 7.62. The van der Waals surface area contributed by atoms with Gasteiger partial charge < -0.3 is 11.1 Å². The third-order valence-corrected chi connectivity index (χ3v) is 5.63. The third kappa shape index (κ3) is 3.76. The van der Waals surface area contributed by atoms with E-state index in [0.29, 0.717) is 24.5 Å². The highest BCUT2D eigenvalue weighted by atomic mass is 16.1. The zero-order chi connectivity index (χ0) is 21.3. The second kappa shape index (κ2) is 7.99. The minimum Gasteiger partial charge on any atom is -0.383 e. The van der Waals surface area contributed by atoms with Crippen molar-refractivity contribution < 1.29 is 4.79 Å². The molecule has 6 nitrogen and oxygen atoms in total. The summed E-state index contributed by atoms with van der Waals surface area (Å²) in [7, 11) is 0. The number of hydrogen-bond donors (Lipinski definition) is 2. The standard InChI is InChI=1S/C24H25N5O/c1-15-6-4-5-7-18(15)13-29-14-19(11-28-29)24(30)27-12-22-16(2)10-21-20(17(22)3)8-9-26-23(21)25/h4-11,14H,12-13H2,1-3H3,(H2,25,26)(H,27,30). The zero-order valence-electron chi connectivity index (χ0n) is 17.4. The Kier molecular flexibility index (Phi) is 5.23. The van der Waals surface area contributed by atoms with Crippen molar-refractivity contribution in [2.24, 2.45) is 0 Å². The molecule has 0 bridgehead atoms. The van der Waals surface area contributed by atoms with Gasteiger partial charge in [-0.1, -0.05) is 24.3 Å². The number of amides is 1. The zero-order valence-corrected chi connectivity index (χ0v) is 17.4. The molecule has 1 amide bonds. The van der Waals surface area contributed by atoms with Crippen LogP contribution in [0.1, 0.15) is 38.2 Å². The molecule has 0 saturated heterocycles. The molecule has 6 heteroatoms. The van der Waals surface area contributed by atoms with Crippen molar-refractivity contribution in [3.8, 4) is 0 Å². The van der Waals surface area contributed by atoms with Crippen LogP contribution in [0.5, 0.6) is 0 Å². The first-order valence-electron chi connectivity index (χ1n) is 9.92. The number of fused-ring (bicyclic) bond motifs is 1. The fourth-order valence-electron chi connectivity index (χ4n) is 3.80. The fourth-order valence-corrected chi connectivity index (χ4v) is 3.80. The first-order valence-corrected chi connectivity index (χ1v) is 9.92. The largest absolute Gasteiger partial charge is 0.383 e. The van der Waals surface area contributed by atoms with Gasteiger partial charge in [-0.2, -0.15) is 5.10 Å². The molecule has 0 saturated carbocycles. The quantitative estimate of drug-likeness (QED) is 0.533. The topological polar surface area (TPSA) is 85.8 Å². The van der Waals surface area contributed by atoms with Crippen LogP contribution in [0, 0.1) is 20.8 Å². The van der Waals surface area contributed by atoms with E-state index < -0.39 is 0 Å². The number of nitrogens with two attached hydrogens (primary N) is 1. The predicted molar refractivity (Wildman–Crippen MR) is 119 cm³/mol. The molecule has 2 heterocycles. The number of pyridine rings is 1. The van der Waals surface area contributed by atoms with Gasteiger partial charge in [0.1, 0.15) is 5.82 Å². The maximum Gasteiger partial charge on any atom is 0.254 e. The number of benzene rings is 2. The lowest BCUT2D eigenvalue weighted by molar-refractivity contribution is 0.0950. The third-order valence-electron chi connectivity index (χ3n) is 5.63. The van der Waals surface area contributed by atoms with Gasteiger partial charge in [0.15, 0.2) is 0 Å². The number of aromatic nitrogens is 3. The normalized spacial score (nSPS) is 11.0. The molecule has 0 unspecified atom stereocenters. The smallest absolute Gasteiger partial charge is 0.254 e. The van der Waals surface area contributed by atoms with E-state index in [1.54, 1.807) is 23.3 Å². The monoisotopic (exact) mass is 399 g/mol. The van der Waals surface area contributed by atoms with E-state index in [-0.39, 0.29) is 5.91 Å². The van der Waals surface area contributed by atoms with Gasteiger partial charge >= 0.3 is 0 Å². The van der Waals surface area contributed by atoms with E-state index in [4.69, 9.17) is 5.73 Å². The number of carbonyl (C=O) groups is 1. The van der Waals surface area contributed by atoms with Gasteiger partial charge in [0.05, 0.1) is 18.3 Å². The Morgan fingerprint density at radius 2 is 1.90 bits per heavy atom. The minimum atomic E-state index is -0.140. The van der Waals surface area contributed by atoms with Crippen molar-refractivity contribution in [1.82, 2.24) is 20.1 Å². The maximum absolute atomic E-state index is 12.7. The molecule has 3 N–H and O–H groups in total. The summed E-state index contributed by atoms with van der Waals surface area (Å²) in [6.07, 6.45) is 5.11. The van der Waals surface area contributed by atoms with Crippen molar-refractivity contribution in [3.63, 3.8) is 0 Å². The van der Waals surface area contributed by atoms with Gasteiger partial charge in [0.2, 0.25) is 0 Å². The highest BCUT2D eigenvalue weighted by molar-refractivity contribution is 5.95. The van der Waals surface area contributed by atoms with Gasteiger partial charge in [-0.15, -0.1) is 0 Å². The van der Waals surface area contributed by atoms with Crippen molar-refractivity contribution in [1.29, 1.82) is 0 Å². The molecule has 0 radical (unpaired) electrons. The maximum atomic E-state index is 12.7. The van der Waals surface area contributed by atoms with Crippen LogP contribution >= 0.6 is 0 Å². The second-order valence-corrected chi connectivity index (χ2v) is 7.62. The highest BCUT2D eigenvalue weighted by Gasteiger charge is 2.13. The number of hydrogen-bond acceptors (Lipinski definition) is 4. The molecular formula is C24H25N5O. The average Bonchev–Trinajstić information content (AvgIpc) is 3.19. The van der Waals surface area contributed by atoms with Crippen LogP contribution in [0.3, 0.4) is 0 Å². The summed E-state index contributed by atoms with van der Waals surface area (Å²) in [5.74, 6) is 0.384. The molecule has 2 aromatic heterocycles. The Morgan fingerprint density at radius 1 is 1.10 bits per heavy atom. The van der Waals surface area contributed by atoms with Gasteiger partial charge in [-0.05, 0) is 66.1 Å². The number of nitrogen functional groups attached to an aromatic ring is 1. The summed E-state index contributed by atoms with van der Waals surface area (Å²) < 4.78 is 1.79. The lowest BCUT2D eigenvalue weighted by Gasteiger charge is -2.14. The first-order chi connectivity index (χ1) is 14.4. The molecule has 0 fully saturated rings. The summed E-state index contributed by atoms with van der Waals surface area (Å²) in [6, 6.07) is 12.2. The molecule has 4 rings (SSSR count). The van der Waals surface area contributed by atoms with Crippen molar-refractivity contribution >= 4 is 22.5 Å². The van der Waals surface area contributed by atoms with E-state index in [0.717, 1.165) is 27.5 Å². The van der Waals surface area contributed by atoms with Crippen molar-refractivity contribution in [2.75, 3.05) is 5.73 Å². The van der Waals surface area contributed by atoms with E-state index >= 15 is 0 Å². The summed E-state index contributed by atoms with van der Waals surface area (Å²) in [4.78, 5) is 16.9. The van der Waals surface area contributed by atoms with Crippen molar-refractivity contribution in [2.45, 2.75) is 33.9 Å². The van der Waals surface area contributed by atoms with E-state index in [1.165, 1.54) is 11.1 Å². The Labute approximate surface area is 175 Å². The van der Waals surface area contributed by atoms with Crippen molar-refractivity contribution in [3.05, 3.63) is 88.4 Å². The van der Waals surface area contributed by atoms with Crippen LogP contribution in [0.2, 0.25) is 0 Å². The van der Waals surface area contributed by atoms with E-state index in [2.05, 4.69) is 41.4 Å². The number of carbonyl (C=O) groups excluding carboxylic acids is 1. The first kappa shape index (κ1) is 19.6. The Hall–Kier alpha value is -3.67. The highest BCUT2D eigenvalue weighted by Crippen LogP contribution is 2.27. The number of aryl methyl sites for hydroxylation is 3. The number of anilines is 1. The Bertz CT molecular complexity index is 1240. The van der Waals surface area contributed by atoms with Crippen LogP contribution in [-0.4, -0.2) is 20.7 Å².